The summed E-state index contributed by atoms with van der Waals surface area (Å²) in [6, 6.07) is -0.668. The number of amides is 2. The Morgan fingerprint density at radius 1 is 1.11 bits per heavy atom. The van der Waals surface area contributed by atoms with Gasteiger partial charge in [0.25, 0.3) is 0 Å². The van der Waals surface area contributed by atoms with Crippen LogP contribution in [0.15, 0.2) is 0 Å². The number of rotatable bonds is 4. The molecule has 1 unspecified atom stereocenters. The van der Waals surface area contributed by atoms with E-state index in [2.05, 4.69) is 5.32 Å². The molecule has 0 aromatic carbocycles. The maximum atomic E-state index is 12.1. The Kier molecular flexibility index (Phi) is 4.66. The van der Waals surface area contributed by atoms with Crippen molar-refractivity contribution < 1.29 is 14.7 Å². The molecule has 2 N–H and O–H groups in total. The van der Waals surface area contributed by atoms with E-state index in [1.807, 2.05) is 0 Å². The number of urea groups is 1. The first kappa shape index (κ1) is 14.2. The lowest BCUT2D eigenvalue weighted by molar-refractivity contribution is -0.141. The Balaban J connectivity index is 1.91. The molecule has 0 radical (unpaired) electrons. The molecule has 5 nitrogen and oxygen atoms in total. The van der Waals surface area contributed by atoms with E-state index in [1.54, 1.807) is 11.9 Å². The van der Waals surface area contributed by atoms with Gasteiger partial charge in [-0.2, -0.15) is 0 Å². The molecular weight excluding hydrogens is 244 g/mol. The van der Waals surface area contributed by atoms with Gasteiger partial charge in [-0.25, -0.2) is 9.59 Å². The van der Waals surface area contributed by atoms with Gasteiger partial charge < -0.3 is 15.3 Å². The van der Waals surface area contributed by atoms with E-state index in [4.69, 9.17) is 0 Å². The molecular formula is C14H24N2O3. The number of aliphatic carboxylic acids is 1. The quantitative estimate of drug-likeness (QED) is 0.821. The van der Waals surface area contributed by atoms with E-state index in [1.165, 1.54) is 6.42 Å². The van der Waals surface area contributed by atoms with Gasteiger partial charge in [0.1, 0.15) is 6.04 Å². The SMILES string of the molecule is CN(C(=O)NC(C(=O)O)C1CCCCC1)C1CCC1. The van der Waals surface area contributed by atoms with Crippen molar-refractivity contribution in [3.63, 3.8) is 0 Å². The first-order chi connectivity index (χ1) is 9.09. The van der Waals surface area contributed by atoms with Crippen molar-refractivity contribution in [3.8, 4) is 0 Å². The fourth-order valence-electron chi connectivity index (χ4n) is 3.02. The van der Waals surface area contributed by atoms with E-state index in [0.717, 1.165) is 44.9 Å². The minimum Gasteiger partial charge on any atom is -0.480 e. The standard InChI is InChI=1S/C14H24N2O3/c1-16(11-8-5-9-11)14(19)15-12(13(17)18)10-6-3-2-4-7-10/h10-12H,2-9H2,1H3,(H,15,19)(H,17,18). The summed E-state index contributed by atoms with van der Waals surface area (Å²) >= 11 is 0. The molecule has 0 bridgehead atoms. The second-order valence-electron chi connectivity index (χ2n) is 5.86. The molecule has 2 fully saturated rings. The van der Waals surface area contributed by atoms with Gasteiger partial charge in [-0.15, -0.1) is 0 Å². The zero-order valence-corrected chi connectivity index (χ0v) is 11.6. The number of hydrogen-bond donors (Lipinski definition) is 2. The lowest BCUT2D eigenvalue weighted by Crippen LogP contribution is -2.53. The van der Waals surface area contributed by atoms with Gasteiger partial charge in [-0.05, 0) is 38.0 Å². The maximum absolute atomic E-state index is 12.1. The lowest BCUT2D eigenvalue weighted by atomic mass is 9.84. The highest BCUT2D eigenvalue weighted by molar-refractivity contribution is 5.82. The molecule has 0 saturated heterocycles. The van der Waals surface area contributed by atoms with Crippen molar-refractivity contribution >= 4 is 12.0 Å². The molecule has 0 heterocycles. The first-order valence-corrected chi connectivity index (χ1v) is 7.35. The Labute approximate surface area is 114 Å². The number of carbonyl (C=O) groups is 2. The number of nitrogens with one attached hydrogen (secondary N) is 1. The summed E-state index contributed by atoms with van der Waals surface area (Å²) in [6.45, 7) is 0. The zero-order valence-electron chi connectivity index (χ0n) is 11.6. The summed E-state index contributed by atoms with van der Waals surface area (Å²) in [6.07, 6.45) is 8.36. The Hall–Kier alpha value is -1.26. The lowest BCUT2D eigenvalue weighted by Gasteiger charge is -2.36. The minimum atomic E-state index is -0.901. The van der Waals surface area contributed by atoms with Crippen LogP contribution >= 0.6 is 0 Å². The van der Waals surface area contributed by atoms with E-state index in [9.17, 15) is 14.7 Å². The van der Waals surface area contributed by atoms with Crippen molar-refractivity contribution in [2.75, 3.05) is 7.05 Å². The van der Waals surface area contributed by atoms with Crippen molar-refractivity contribution in [3.05, 3.63) is 0 Å². The molecule has 5 heteroatoms. The Morgan fingerprint density at radius 3 is 2.21 bits per heavy atom. The summed E-state index contributed by atoms with van der Waals surface area (Å²) in [5.74, 6) is -0.813. The van der Waals surface area contributed by atoms with Gasteiger partial charge in [-0.3, -0.25) is 0 Å². The molecule has 108 valence electrons. The van der Waals surface area contributed by atoms with Crippen LogP contribution < -0.4 is 5.32 Å². The van der Waals surface area contributed by atoms with E-state index in [-0.39, 0.29) is 11.9 Å². The third-order valence-corrected chi connectivity index (χ3v) is 4.61. The Bertz CT molecular complexity index is 336. The molecule has 2 aliphatic rings. The zero-order chi connectivity index (χ0) is 13.8. The molecule has 0 aliphatic heterocycles. The van der Waals surface area contributed by atoms with Crippen LogP contribution in [-0.2, 0) is 4.79 Å². The third kappa shape index (κ3) is 3.39. The molecule has 1 atom stereocenters. The highest BCUT2D eigenvalue weighted by Gasteiger charge is 2.33. The summed E-state index contributed by atoms with van der Waals surface area (Å²) in [5.41, 5.74) is 0. The number of nitrogens with zero attached hydrogens (tertiary/aromatic N) is 1. The minimum absolute atomic E-state index is 0.0880. The van der Waals surface area contributed by atoms with Crippen molar-refractivity contribution in [2.24, 2.45) is 5.92 Å². The molecule has 19 heavy (non-hydrogen) atoms. The largest absolute Gasteiger partial charge is 0.480 e. The molecule has 2 amide bonds. The highest BCUT2D eigenvalue weighted by atomic mass is 16.4. The van der Waals surface area contributed by atoms with Gasteiger partial charge in [0.15, 0.2) is 0 Å². The maximum Gasteiger partial charge on any atom is 0.326 e. The van der Waals surface area contributed by atoms with Crippen LogP contribution in [0, 0.1) is 5.92 Å². The summed E-state index contributed by atoms with van der Waals surface area (Å²) in [7, 11) is 1.76. The van der Waals surface area contributed by atoms with E-state index in [0.29, 0.717) is 6.04 Å². The van der Waals surface area contributed by atoms with Crippen LogP contribution in [0.1, 0.15) is 51.4 Å². The molecule has 0 aromatic rings. The predicted molar refractivity (Wildman–Crippen MR) is 71.9 cm³/mol. The summed E-state index contributed by atoms with van der Waals surface area (Å²) < 4.78 is 0. The van der Waals surface area contributed by atoms with Crippen molar-refractivity contribution in [1.82, 2.24) is 10.2 Å². The molecule has 2 rings (SSSR count). The fraction of sp³-hybridized carbons (Fsp3) is 0.857. The average molecular weight is 268 g/mol. The monoisotopic (exact) mass is 268 g/mol. The van der Waals surface area contributed by atoms with Crippen molar-refractivity contribution in [1.29, 1.82) is 0 Å². The predicted octanol–water partition coefficient (Wildman–Crippen LogP) is 2.21. The van der Waals surface area contributed by atoms with Crippen LogP contribution in [0.2, 0.25) is 0 Å². The molecule has 0 aromatic heterocycles. The smallest absolute Gasteiger partial charge is 0.326 e. The van der Waals surface area contributed by atoms with Crippen LogP contribution in [0.5, 0.6) is 0 Å². The number of carbonyl (C=O) groups excluding carboxylic acids is 1. The van der Waals surface area contributed by atoms with Gasteiger partial charge in [-0.1, -0.05) is 19.3 Å². The molecule has 2 aliphatic carbocycles. The summed E-state index contributed by atoms with van der Waals surface area (Å²) in [4.78, 5) is 25.1. The molecule has 0 spiro atoms. The highest BCUT2D eigenvalue weighted by Crippen LogP contribution is 2.27. The Morgan fingerprint density at radius 2 is 1.74 bits per heavy atom. The van der Waals surface area contributed by atoms with Gasteiger partial charge in [0, 0.05) is 13.1 Å². The molecule has 2 saturated carbocycles. The second kappa shape index (κ2) is 6.26. The first-order valence-electron chi connectivity index (χ1n) is 7.35. The average Bonchev–Trinajstić information content (AvgIpc) is 2.34. The second-order valence-corrected chi connectivity index (χ2v) is 5.86. The number of carboxylic acid groups (broad SMARTS) is 1. The third-order valence-electron chi connectivity index (χ3n) is 4.61. The van der Waals surface area contributed by atoms with Crippen LogP contribution in [0.25, 0.3) is 0 Å². The fourth-order valence-corrected chi connectivity index (χ4v) is 3.02. The van der Waals surface area contributed by atoms with Gasteiger partial charge in [0.05, 0.1) is 0 Å². The van der Waals surface area contributed by atoms with Crippen LogP contribution in [-0.4, -0.2) is 41.1 Å². The topological polar surface area (TPSA) is 69.6 Å². The van der Waals surface area contributed by atoms with E-state index < -0.39 is 12.0 Å². The van der Waals surface area contributed by atoms with Crippen LogP contribution in [0.3, 0.4) is 0 Å². The van der Waals surface area contributed by atoms with Gasteiger partial charge in [0.2, 0.25) is 0 Å². The normalized spacial score (nSPS) is 22.4. The van der Waals surface area contributed by atoms with Crippen LogP contribution in [0.4, 0.5) is 4.79 Å². The van der Waals surface area contributed by atoms with Gasteiger partial charge >= 0.3 is 12.0 Å². The van der Waals surface area contributed by atoms with Crippen molar-refractivity contribution in [2.45, 2.75) is 63.5 Å². The number of hydrogen-bond acceptors (Lipinski definition) is 2. The number of carboxylic acids is 1. The summed E-state index contributed by atoms with van der Waals surface area (Å²) in [5, 5.41) is 12.1. The van der Waals surface area contributed by atoms with E-state index >= 15 is 0 Å².